The largest absolute Gasteiger partial charge is 0.376 e. The smallest absolute Gasteiger partial charge is 0.0813 e. The van der Waals surface area contributed by atoms with Gasteiger partial charge in [-0.1, -0.05) is 26.2 Å². The van der Waals surface area contributed by atoms with E-state index in [1.165, 1.54) is 32.1 Å². The van der Waals surface area contributed by atoms with E-state index in [9.17, 15) is 0 Å². The van der Waals surface area contributed by atoms with Gasteiger partial charge in [-0.3, -0.25) is 9.97 Å². The van der Waals surface area contributed by atoms with Gasteiger partial charge in [0.2, 0.25) is 0 Å². The van der Waals surface area contributed by atoms with Crippen LogP contribution in [0.25, 0.3) is 0 Å². The van der Waals surface area contributed by atoms with Crippen LogP contribution >= 0.6 is 0 Å². The molecule has 0 bridgehead atoms. The zero-order chi connectivity index (χ0) is 14.2. The first-order valence-corrected chi connectivity index (χ1v) is 7.97. The van der Waals surface area contributed by atoms with Crippen LogP contribution in [-0.2, 0) is 4.74 Å². The average Bonchev–Trinajstić information content (AvgIpc) is 2.52. The zero-order valence-electron chi connectivity index (χ0n) is 12.7. The highest BCUT2D eigenvalue weighted by atomic mass is 16.5. The van der Waals surface area contributed by atoms with Gasteiger partial charge < -0.3 is 10.1 Å². The minimum Gasteiger partial charge on any atom is -0.376 e. The molecule has 1 aliphatic rings. The predicted molar refractivity (Wildman–Crippen MR) is 80.4 cm³/mol. The predicted octanol–water partition coefficient (Wildman–Crippen LogP) is 3.11. The van der Waals surface area contributed by atoms with E-state index in [1.54, 1.807) is 12.4 Å². The third kappa shape index (κ3) is 4.00. The third-order valence-electron chi connectivity index (χ3n) is 4.13. The number of nitrogens with one attached hydrogen (secondary N) is 1. The van der Waals surface area contributed by atoms with Gasteiger partial charge in [0.25, 0.3) is 0 Å². The summed E-state index contributed by atoms with van der Waals surface area (Å²) < 4.78 is 6.12. The summed E-state index contributed by atoms with van der Waals surface area (Å²) in [7, 11) is 0. The van der Waals surface area contributed by atoms with E-state index >= 15 is 0 Å². The molecule has 0 aliphatic heterocycles. The maximum atomic E-state index is 6.12. The summed E-state index contributed by atoms with van der Waals surface area (Å²) in [6.07, 6.45) is 12.1. The Hall–Kier alpha value is -1.00. The van der Waals surface area contributed by atoms with Crippen LogP contribution in [0.5, 0.6) is 0 Å². The zero-order valence-corrected chi connectivity index (χ0v) is 12.7. The van der Waals surface area contributed by atoms with Crippen molar-refractivity contribution < 1.29 is 4.74 Å². The molecule has 1 fully saturated rings. The number of likely N-dealkylation sites (N-methyl/N-ethyl adjacent to an activating group) is 1. The second kappa shape index (κ2) is 8.32. The van der Waals surface area contributed by atoms with Crippen LogP contribution in [0.15, 0.2) is 18.6 Å². The molecule has 2 atom stereocenters. The lowest BCUT2D eigenvalue weighted by atomic mass is 9.81. The minimum absolute atomic E-state index is 0.150. The van der Waals surface area contributed by atoms with E-state index in [4.69, 9.17) is 4.74 Å². The molecule has 4 nitrogen and oxygen atoms in total. The molecule has 1 aliphatic carbocycles. The molecular formula is C16H27N3O. The van der Waals surface area contributed by atoms with Crippen LogP contribution in [0.4, 0.5) is 0 Å². The molecule has 1 aromatic heterocycles. The quantitative estimate of drug-likeness (QED) is 0.832. The van der Waals surface area contributed by atoms with Gasteiger partial charge in [-0.2, -0.15) is 0 Å². The van der Waals surface area contributed by atoms with Gasteiger partial charge in [-0.05, 0) is 32.2 Å². The number of rotatable bonds is 7. The minimum atomic E-state index is 0.150. The van der Waals surface area contributed by atoms with Crippen molar-refractivity contribution in [1.82, 2.24) is 15.3 Å². The Labute approximate surface area is 122 Å². The molecule has 112 valence electrons. The maximum Gasteiger partial charge on any atom is 0.0813 e. The van der Waals surface area contributed by atoms with Crippen molar-refractivity contribution in [2.24, 2.45) is 5.92 Å². The second-order valence-electron chi connectivity index (χ2n) is 5.48. The van der Waals surface area contributed by atoms with E-state index in [2.05, 4.69) is 29.1 Å². The normalized spacial score (nSPS) is 19.7. The molecule has 1 saturated carbocycles. The molecule has 0 radical (unpaired) electrons. The molecule has 2 unspecified atom stereocenters. The molecular weight excluding hydrogens is 250 g/mol. The van der Waals surface area contributed by atoms with Gasteiger partial charge in [0.1, 0.15) is 0 Å². The highest BCUT2D eigenvalue weighted by Crippen LogP contribution is 2.33. The van der Waals surface area contributed by atoms with Crippen molar-refractivity contribution in [3.05, 3.63) is 24.3 Å². The Balaban J connectivity index is 2.17. The summed E-state index contributed by atoms with van der Waals surface area (Å²) in [4.78, 5) is 8.71. The fourth-order valence-corrected chi connectivity index (χ4v) is 3.24. The van der Waals surface area contributed by atoms with Crippen LogP contribution in [0.1, 0.15) is 57.7 Å². The summed E-state index contributed by atoms with van der Waals surface area (Å²) in [5.41, 5.74) is 0.998. The van der Waals surface area contributed by atoms with Gasteiger partial charge in [0, 0.05) is 19.0 Å². The van der Waals surface area contributed by atoms with Gasteiger partial charge in [-0.15, -0.1) is 0 Å². The molecule has 0 aromatic carbocycles. The highest BCUT2D eigenvalue weighted by molar-refractivity contribution is 5.06. The topological polar surface area (TPSA) is 47.0 Å². The molecule has 1 N–H and O–H groups in total. The number of aromatic nitrogens is 2. The summed E-state index contributed by atoms with van der Waals surface area (Å²) >= 11 is 0. The summed E-state index contributed by atoms with van der Waals surface area (Å²) in [5.74, 6) is 0.634. The van der Waals surface area contributed by atoms with Crippen LogP contribution in [0.2, 0.25) is 0 Å². The average molecular weight is 277 g/mol. The number of hydrogen-bond donors (Lipinski definition) is 1. The standard InChI is InChI=1S/C16H27N3O/c1-3-18-15(14-12-17-10-11-19-14)16(20-4-2)13-8-6-5-7-9-13/h10-13,15-16,18H,3-9H2,1-2H3. The van der Waals surface area contributed by atoms with Crippen LogP contribution in [0, 0.1) is 5.92 Å². The third-order valence-corrected chi connectivity index (χ3v) is 4.13. The van der Waals surface area contributed by atoms with Crippen LogP contribution < -0.4 is 5.32 Å². The fourth-order valence-electron chi connectivity index (χ4n) is 3.24. The van der Waals surface area contributed by atoms with Gasteiger partial charge >= 0.3 is 0 Å². The summed E-state index contributed by atoms with van der Waals surface area (Å²) in [6, 6.07) is 0.150. The van der Waals surface area contributed by atoms with Gasteiger partial charge in [0.15, 0.2) is 0 Å². The lowest BCUT2D eigenvalue weighted by molar-refractivity contribution is -0.0190. The van der Waals surface area contributed by atoms with Crippen molar-refractivity contribution in [3.8, 4) is 0 Å². The van der Waals surface area contributed by atoms with E-state index in [0.717, 1.165) is 18.8 Å². The summed E-state index contributed by atoms with van der Waals surface area (Å²) in [6.45, 7) is 5.88. The molecule has 0 amide bonds. The first-order chi connectivity index (χ1) is 9.86. The van der Waals surface area contributed by atoms with Crippen LogP contribution in [-0.4, -0.2) is 29.2 Å². The van der Waals surface area contributed by atoms with Crippen molar-refractivity contribution in [3.63, 3.8) is 0 Å². The Bertz CT molecular complexity index is 365. The van der Waals surface area contributed by atoms with Crippen molar-refractivity contribution in [1.29, 1.82) is 0 Å². The van der Waals surface area contributed by atoms with Crippen LogP contribution in [0.3, 0.4) is 0 Å². The van der Waals surface area contributed by atoms with Crippen molar-refractivity contribution in [2.45, 2.75) is 58.1 Å². The Morgan fingerprint density at radius 2 is 2.05 bits per heavy atom. The first-order valence-electron chi connectivity index (χ1n) is 7.97. The van der Waals surface area contributed by atoms with E-state index in [1.807, 2.05) is 6.20 Å². The lowest BCUT2D eigenvalue weighted by Crippen LogP contribution is -2.40. The molecule has 1 aromatic rings. The molecule has 0 spiro atoms. The van der Waals surface area contributed by atoms with Crippen molar-refractivity contribution >= 4 is 0 Å². The SMILES string of the molecule is CCNC(c1cnccn1)C(OCC)C1CCCCC1. The number of hydrogen-bond acceptors (Lipinski definition) is 4. The highest BCUT2D eigenvalue weighted by Gasteiger charge is 2.32. The first kappa shape index (κ1) is 15.4. The number of ether oxygens (including phenoxy) is 1. The second-order valence-corrected chi connectivity index (χ2v) is 5.48. The number of nitrogens with zero attached hydrogens (tertiary/aromatic N) is 2. The van der Waals surface area contributed by atoms with E-state index < -0.39 is 0 Å². The van der Waals surface area contributed by atoms with E-state index in [0.29, 0.717) is 5.92 Å². The molecule has 0 saturated heterocycles. The lowest BCUT2D eigenvalue weighted by Gasteiger charge is -2.35. The molecule has 2 rings (SSSR count). The van der Waals surface area contributed by atoms with Gasteiger partial charge in [-0.25, -0.2) is 0 Å². The van der Waals surface area contributed by atoms with E-state index in [-0.39, 0.29) is 12.1 Å². The monoisotopic (exact) mass is 277 g/mol. The Kier molecular flexibility index (Phi) is 6.40. The van der Waals surface area contributed by atoms with Gasteiger partial charge in [0.05, 0.1) is 24.0 Å². The summed E-state index contributed by atoms with van der Waals surface area (Å²) in [5, 5.41) is 3.55. The maximum absolute atomic E-state index is 6.12. The Morgan fingerprint density at radius 3 is 2.65 bits per heavy atom. The molecule has 4 heteroatoms. The van der Waals surface area contributed by atoms with Crippen molar-refractivity contribution in [2.75, 3.05) is 13.2 Å². The molecule has 1 heterocycles. The fraction of sp³-hybridized carbons (Fsp3) is 0.750. The Morgan fingerprint density at radius 1 is 1.25 bits per heavy atom. The molecule has 20 heavy (non-hydrogen) atoms.